The van der Waals surface area contributed by atoms with Crippen LogP contribution >= 0.6 is 0 Å². The van der Waals surface area contributed by atoms with E-state index in [-0.39, 0.29) is 5.92 Å². The van der Waals surface area contributed by atoms with Gasteiger partial charge in [0.1, 0.15) is 11.4 Å². The molecule has 3 aromatic rings. The van der Waals surface area contributed by atoms with Crippen molar-refractivity contribution in [3.05, 3.63) is 30.1 Å². The lowest BCUT2D eigenvalue weighted by molar-refractivity contribution is 0.192. The lowest BCUT2D eigenvalue weighted by atomic mass is 10.1. The molecule has 3 heterocycles. The van der Waals surface area contributed by atoms with Crippen LogP contribution in [0.4, 0.5) is 0 Å². The molecular weight excluding hydrogens is 270 g/mol. The van der Waals surface area contributed by atoms with Crippen LogP contribution in [-0.2, 0) is 4.74 Å². The fourth-order valence-corrected chi connectivity index (χ4v) is 2.60. The van der Waals surface area contributed by atoms with Crippen molar-refractivity contribution in [1.82, 2.24) is 15.1 Å². The van der Waals surface area contributed by atoms with Gasteiger partial charge in [0.05, 0.1) is 13.7 Å². The number of benzene rings is 1. The number of nitrogens with zero attached hydrogens (tertiary/aromatic N) is 2. The number of nitrogens with one attached hydrogen (secondary N) is 1. The highest BCUT2D eigenvalue weighted by Crippen LogP contribution is 2.28. The average molecular weight is 285 g/mol. The molecule has 6 heteroatoms. The van der Waals surface area contributed by atoms with Gasteiger partial charge in [-0.15, -0.1) is 0 Å². The summed E-state index contributed by atoms with van der Waals surface area (Å²) >= 11 is 0. The van der Waals surface area contributed by atoms with Gasteiger partial charge in [-0.3, -0.25) is 0 Å². The van der Waals surface area contributed by atoms with E-state index in [1.54, 1.807) is 7.11 Å². The predicted molar refractivity (Wildman–Crippen MR) is 76.3 cm³/mol. The maximum atomic E-state index is 5.37. The molecule has 0 radical (unpaired) electrons. The molecule has 0 amide bonds. The highest BCUT2D eigenvalue weighted by Gasteiger charge is 2.23. The minimum absolute atomic E-state index is 0.243. The number of aromatic amines is 1. The summed E-state index contributed by atoms with van der Waals surface area (Å²) in [4.78, 5) is 7.76. The molecule has 1 saturated heterocycles. The Balaban J connectivity index is 1.69. The molecule has 1 atom stereocenters. The lowest BCUT2D eigenvalue weighted by Crippen LogP contribution is -1.99. The third-order valence-corrected chi connectivity index (χ3v) is 3.79. The highest BCUT2D eigenvalue weighted by atomic mass is 16.5. The Kier molecular flexibility index (Phi) is 2.89. The van der Waals surface area contributed by atoms with Crippen LogP contribution in [0.1, 0.15) is 18.2 Å². The lowest BCUT2D eigenvalue weighted by Gasteiger charge is -1.97. The Hall–Kier alpha value is -2.34. The van der Waals surface area contributed by atoms with Crippen LogP contribution in [0.15, 0.2) is 28.8 Å². The molecule has 0 unspecified atom stereocenters. The van der Waals surface area contributed by atoms with E-state index in [4.69, 9.17) is 14.0 Å². The maximum absolute atomic E-state index is 5.37. The molecule has 1 aromatic carbocycles. The van der Waals surface area contributed by atoms with Gasteiger partial charge in [0.2, 0.25) is 0 Å². The van der Waals surface area contributed by atoms with Crippen LogP contribution in [0.2, 0.25) is 0 Å². The van der Waals surface area contributed by atoms with Gasteiger partial charge in [-0.2, -0.15) is 4.98 Å². The summed E-state index contributed by atoms with van der Waals surface area (Å²) in [5.41, 5.74) is 1.82. The first-order chi connectivity index (χ1) is 10.3. The van der Waals surface area contributed by atoms with E-state index >= 15 is 0 Å². The van der Waals surface area contributed by atoms with Crippen molar-refractivity contribution in [2.75, 3.05) is 20.3 Å². The Morgan fingerprint density at radius 1 is 1.33 bits per heavy atom. The molecular formula is C15H15N3O3. The van der Waals surface area contributed by atoms with Crippen LogP contribution in [-0.4, -0.2) is 35.4 Å². The predicted octanol–water partition coefficient (Wildman–Crippen LogP) is 2.73. The highest BCUT2D eigenvalue weighted by molar-refractivity contribution is 5.85. The molecule has 0 bridgehead atoms. The van der Waals surface area contributed by atoms with Crippen LogP contribution in [0.3, 0.4) is 0 Å². The van der Waals surface area contributed by atoms with Crippen molar-refractivity contribution in [2.24, 2.45) is 0 Å². The second-order valence-corrected chi connectivity index (χ2v) is 5.15. The molecule has 0 spiro atoms. The summed E-state index contributed by atoms with van der Waals surface area (Å²) < 4.78 is 16.0. The van der Waals surface area contributed by atoms with E-state index < -0.39 is 0 Å². The first-order valence-corrected chi connectivity index (χ1v) is 6.92. The van der Waals surface area contributed by atoms with Crippen molar-refractivity contribution in [3.8, 4) is 17.3 Å². The summed E-state index contributed by atoms with van der Waals surface area (Å²) in [6.07, 6.45) is 0.947. The van der Waals surface area contributed by atoms with Gasteiger partial charge in [0.15, 0.2) is 5.82 Å². The van der Waals surface area contributed by atoms with E-state index in [1.165, 1.54) is 0 Å². The first-order valence-electron chi connectivity index (χ1n) is 6.92. The number of H-pyrrole nitrogens is 1. The van der Waals surface area contributed by atoms with E-state index in [0.717, 1.165) is 41.2 Å². The third-order valence-electron chi connectivity index (χ3n) is 3.79. The second kappa shape index (κ2) is 4.89. The standard InChI is InChI=1S/C15H15N3O3/c1-19-11-2-3-12-10(6-11)7-13(16-12)15-17-14(18-21-15)9-4-5-20-8-9/h2-3,6-7,9,16H,4-5,8H2,1H3/t9-/m1/s1. The number of fused-ring (bicyclic) bond motifs is 1. The van der Waals surface area contributed by atoms with Crippen LogP contribution in [0, 0.1) is 0 Å². The summed E-state index contributed by atoms with van der Waals surface area (Å²) in [5.74, 6) is 2.29. The summed E-state index contributed by atoms with van der Waals surface area (Å²) in [6.45, 7) is 1.43. The summed E-state index contributed by atoms with van der Waals surface area (Å²) in [5, 5.41) is 5.12. The molecule has 108 valence electrons. The van der Waals surface area contributed by atoms with Gasteiger partial charge in [-0.05, 0) is 30.7 Å². The monoisotopic (exact) mass is 285 g/mol. The minimum atomic E-state index is 0.243. The average Bonchev–Trinajstić information content (AvgIpc) is 3.23. The summed E-state index contributed by atoms with van der Waals surface area (Å²) in [6, 6.07) is 7.84. The number of rotatable bonds is 3. The number of aromatic nitrogens is 3. The van der Waals surface area contributed by atoms with Gasteiger partial charge in [0.25, 0.3) is 5.89 Å². The van der Waals surface area contributed by atoms with Gasteiger partial charge < -0.3 is 19.0 Å². The number of methoxy groups -OCH3 is 1. The Labute approximate surface area is 121 Å². The van der Waals surface area contributed by atoms with Crippen molar-refractivity contribution >= 4 is 10.9 Å². The first kappa shape index (κ1) is 12.4. The van der Waals surface area contributed by atoms with Gasteiger partial charge >= 0.3 is 0 Å². The van der Waals surface area contributed by atoms with Crippen LogP contribution < -0.4 is 4.74 Å². The Morgan fingerprint density at radius 3 is 3.10 bits per heavy atom. The molecule has 6 nitrogen and oxygen atoms in total. The number of hydrogen-bond donors (Lipinski definition) is 1. The molecule has 1 N–H and O–H groups in total. The minimum Gasteiger partial charge on any atom is -0.497 e. The van der Waals surface area contributed by atoms with E-state index in [0.29, 0.717) is 12.5 Å². The molecule has 4 rings (SSSR count). The quantitative estimate of drug-likeness (QED) is 0.801. The SMILES string of the molecule is COc1ccc2[nH]c(-c3nc([C@@H]4CCOC4)no3)cc2c1. The smallest absolute Gasteiger partial charge is 0.274 e. The molecule has 0 saturated carbocycles. The largest absolute Gasteiger partial charge is 0.497 e. The molecule has 1 fully saturated rings. The topological polar surface area (TPSA) is 73.2 Å². The van der Waals surface area contributed by atoms with Crippen molar-refractivity contribution in [3.63, 3.8) is 0 Å². The Morgan fingerprint density at radius 2 is 2.29 bits per heavy atom. The Bertz CT molecular complexity index is 771. The number of ether oxygens (including phenoxy) is 2. The van der Waals surface area contributed by atoms with Crippen LogP contribution in [0.5, 0.6) is 5.75 Å². The van der Waals surface area contributed by atoms with Gasteiger partial charge in [-0.25, -0.2) is 0 Å². The fraction of sp³-hybridized carbons (Fsp3) is 0.333. The fourth-order valence-electron chi connectivity index (χ4n) is 2.60. The van der Waals surface area contributed by atoms with Crippen molar-refractivity contribution in [1.29, 1.82) is 0 Å². The van der Waals surface area contributed by atoms with Gasteiger partial charge in [0, 0.05) is 23.4 Å². The van der Waals surface area contributed by atoms with Gasteiger partial charge in [-0.1, -0.05) is 5.16 Å². The van der Waals surface area contributed by atoms with E-state index in [2.05, 4.69) is 15.1 Å². The van der Waals surface area contributed by atoms with Crippen molar-refractivity contribution in [2.45, 2.75) is 12.3 Å². The zero-order valence-corrected chi connectivity index (χ0v) is 11.6. The van der Waals surface area contributed by atoms with E-state index in [1.807, 2.05) is 24.3 Å². The van der Waals surface area contributed by atoms with Crippen molar-refractivity contribution < 1.29 is 14.0 Å². The summed E-state index contributed by atoms with van der Waals surface area (Å²) in [7, 11) is 1.66. The number of hydrogen-bond acceptors (Lipinski definition) is 5. The molecule has 2 aromatic heterocycles. The molecule has 0 aliphatic carbocycles. The zero-order valence-electron chi connectivity index (χ0n) is 11.6. The van der Waals surface area contributed by atoms with Crippen LogP contribution in [0.25, 0.3) is 22.5 Å². The zero-order chi connectivity index (χ0) is 14.2. The normalized spacial score (nSPS) is 18.4. The third kappa shape index (κ3) is 2.17. The molecule has 1 aliphatic rings. The van der Waals surface area contributed by atoms with E-state index in [9.17, 15) is 0 Å². The second-order valence-electron chi connectivity index (χ2n) is 5.15. The molecule has 1 aliphatic heterocycles. The molecule has 21 heavy (non-hydrogen) atoms. The maximum Gasteiger partial charge on any atom is 0.274 e.